The van der Waals surface area contributed by atoms with Crippen LogP contribution in [0, 0.1) is 13.8 Å². The molecule has 0 bridgehead atoms. The number of benzene rings is 1. The Morgan fingerprint density at radius 1 is 1.29 bits per heavy atom. The Hall–Kier alpha value is -1.35. The van der Waals surface area contributed by atoms with Gasteiger partial charge in [-0.3, -0.25) is 0 Å². The van der Waals surface area contributed by atoms with Gasteiger partial charge in [0.2, 0.25) is 0 Å². The van der Waals surface area contributed by atoms with E-state index in [0.717, 1.165) is 29.8 Å². The van der Waals surface area contributed by atoms with E-state index in [1.54, 1.807) is 0 Å². The van der Waals surface area contributed by atoms with Gasteiger partial charge in [-0.25, -0.2) is 4.98 Å². The fourth-order valence-electron chi connectivity index (χ4n) is 1.95. The van der Waals surface area contributed by atoms with E-state index >= 15 is 0 Å². The molecular weight excluding hydrogens is 210 g/mol. The van der Waals surface area contributed by atoms with Crippen LogP contribution in [0.4, 0.5) is 0 Å². The first-order chi connectivity index (χ1) is 8.11. The van der Waals surface area contributed by atoms with Crippen LogP contribution in [0.5, 0.6) is 0 Å². The van der Waals surface area contributed by atoms with Gasteiger partial charge >= 0.3 is 0 Å². The molecule has 2 N–H and O–H groups in total. The second-order valence-electron chi connectivity index (χ2n) is 4.75. The second-order valence-corrected chi connectivity index (χ2v) is 4.75. The molecule has 17 heavy (non-hydrogen) atoms. The van der Waals surface area contributed by atoms with Crippen molar-refractivity contribution in [3.63, 3.8) is 0 Å². The summed E-state index contributed by atoms with van der Waals surface area (Å²) in [6.07, 6.45) is 1.14. The van der Waals surface area contributed by atoms with Crippen LogP contribution in [0.25, 0.3) is 11.0 Å². The minimum Gasteiger partial charge on any atom is -0.341 e. The van der Waals surface area contributed by atoms with E-state index in [-0.39, 0.29) is 6.04 Å². The summed E-state index contributed by atoms with van der Waals surface area (Å²) in [6, 6.07) is 4.60. The molecule has 0 amide bonds. The van der Waals surface area contributed by atoms with Gasteiger partial charge in [0.25, 0.3) is 0 Å². The number of fused-ring (bicyclic) bond motifs is 1. The molecule has 2 rings (SSSR count). The molecule has 0 aliphatic carbocycles. The zero-order valence-corrected chi connectivity index (χ0v) is 11.1. The number of hydrogen-bond acceptors (Lipinski definition) is 2. The third kappa shape index (κ3) is 2.50. The Bertz CT molecular complexity index is 474. The second kappa shape index (κ2) is 4.88. The van der Waals surface area contributed by atoms with E-state index in [1.807, 2.05) is 0 Å². The average Bonchev–Trinajstić information content (AvgIpc) is 2.69. The van der Waals surface area contributed by atoms with Gasteiger partial charge in [-0.15, -0.1) is 0 Å². The van der Waals surface area contributed by atoms with Crippen molar-refractivity contribution in [2.75, 3.05) is 6.54 Å². The maximum Gasteiger partial charge on any atom is 0.124 e. The van der Waals surface area contributed by atoms with Crippen LogP contribution in [0.2, 0.25) is 0 Å². The molecule has 0 radical (unpaired) electrons. The predicted octanol–water partition coefficient (Wildman–Crippen LogP) is 3.24. The van der Waals surface area contributed by atoms with Crippen LogP contribution < -0.4 is 5.32 Å². The van der Waals surface area contributed by atoms with Crippen LogP contribution in [-0.2, 0) is 0 Å². The van der Waals surface area contributed by atoms with Crippen molar-refractivity contribution in [1.82, 2.24) is 15.3 Å². The van der Waals surface area contributed by atoms with E-state index < -0.39 is 0 Å². The lowest BCUT2D eigenvalue weighted by Gasteiger charge is -2.09. The molecule has 0 saturated heterocycles. The normalized spacial score (nSPS) is 13.2. The SMILES string of the molecule is CCCNC(C)c1nc2cc(C)c(C)cc2[nH]1. The van der Waals surface area contributed by atoms with E-state index in [0.29, 0.717) is 0 Å². The third-order valence-electron chi connectivity index (χ3n) is 3.23. The highest BCUT2D eigenvalue weighted by molar-refractivity contribution is 5.77. The number of rotatable bonds is 4. The van der Waals surface area contributed by atoms with Crippen molar-refractivity contribution < 1.29 is 0 Å². The highest BCUT2D eigenvalue weighted by atomic mass is 15.0. The average molecular weight is 231 g/mol. The maximum atomic E-state index is 4.65. The standard InChI is InChI=1S/C14H21N3/c1-5-6-15-11(4)14-16-12-7-9(2)10(3)8-13(12)17-14/h7-8,11,15H,5-6H2,1-4H3,(H,16,17). The number of hydrogen-bond donors (Lipinski definition) is 2. The molecule has 0 fully saturated rings. The number of aryl methyl sites for hydroxylation is 2. The smallest absolute Gasteiger partial charge is 0.124 e. The van der Waals surface area contributed by atoms with E-state index in [1.165, 1.54) is 11.1 Å². The maximum absolute atomic E-state index is 4.65. The molecule has 1 aromatic carbocycles. The summed E-state index contributed by atoms with van der Waals surface area (Å²) >= 11 is 0. The number of nitrogens with zero attached hydrogens (tertiary/aromatic N) is 1. The first kappa shape index (κ1) is 12.1. The summed E-state index contributed by atoms with van der Waals surface area (Å²) in [4.78, 5) is 8.05. The van der Waals surface area contributed by atoms with Gasteiger partial charge in [0.05, 0.1) is 17.1 Å². The topological polar surface area (TPSA) is 40.7 Å². The Kier molecular flexibility index (Phi) is 3.48. The van der Waals surface area contributed by atoms with E-state index in [2.05, 4.69) is 55.1 Å². The molecule has 1 unspecified atom stereocenters. The van der Waals surface area contributed by atoms with Gasteiger partial charge in [-0.05, 0) is 57.0 Å². The van der Waals surface area contributed by atoms with Crippen molar-refractivity contribution in [3.05, 3.63) is 29.1 Å². The number of nitrogens with one attached hydrogen (secondary N) is 2. The summed E-state index contributed by atoms with van der Waals surface area (Å²) in [6.45, 7) is 9.60. The van der Waals surface area contributed by atoms with Crippen LogP contribution in [0.3, 0.4) is 0 Å². The van der Waals surface area contributed by atoms with Gasteiger partial charge in [0.1, 0.15) is 5.82 Å². The Morgan fingerprint density at radius 2 is 2.00 bits per heavy atom. The van der Waals surface area contributed by atoms with Gasteiger partial charge in [0, 0.05) is 0 Å². The Labute approximate surface area is 103 Å². The minimum absolute atomic E-state index is 0.281. The molecule has 3 nitrogen and oxygen atoms in total. The molecular formula is C14H21N3. The van der Waals surface area contributed by atoms with Crippen molar-refractivity contribution >= 4 is 11.0 Å². The van der Waals surface area contributed by atoms with Crippen molar-refractivity contribution in [3.8, 4) is 0 Å². The van der Waals surface area contributed by atoms with Gasteiger partial charge in [-0.2, -0.15) is 0 Å². The summed E-state index contributed by atoms with van der Waals surface area (Å²) in [5.74, 6) is 1.03. The monoisotopic (exact) mass is 231 g/mol. The summed E-state index contributed by atoms with van der Waals surface area (Å²) < 4.78 is 0. The lowest BCUT2D eigenvalue weighted by atomic mass is 10.1. The third-order valence-corrected chi connectivity index (χ3v) is 3.23. The molecule has 1 aromatic heterocycles. The Balaban J connectivity index is 2.31. The molecule has 3 heteroatoms. The molecule has 0 saturated carbocycles. The quantitative estimate of drug-likeness (QED) is 0.848. The molecule has 0 spiro atoms. The van der Waals surface area contributed by atoms with E-state index in [4.69, 9.17) is 0 Å². The highest BCUT2D eigenvalue weighted by Gasteiger charge is 2.10. The van der Waals surface area contributed by atoms with Crippen LogP contribution in [-0.4, -0.2) is 16.5 Å². The van der Waals surface area contributed by atoms with Gasteiger partial charge < -0.3 is 10.3 Å². The number of H-pyrrole nitrogens is 1. The highest BCUT2D eigenvalue weighted by Crippen LogP contribution is 2.19. The first-order valence-electron chi connectivity index (χ1n) is 6.32. The molecule has 1 atom stereocenters. The minimum atomic E-state index is 0.281. The van der Waals surface area contributed by atoms with Gasteiger partial charge in [0.15, 0.2) is 0 Å². The Morgan fingerprint density at radius 3 is 2.71 bits per heavy atom. The summed E-state index contributed by atoms with van der Waals surface area (Å²) in [7, 11) is 0. The molecule has 0 aliphatic rings. The summed E-state index contributed by atoms with van der Waals surface area (Å²) in [5, 5.41) is 3.45. The molecule has 0 aliphatic heterocycles. The lowest BCUT2D eigenvalue weighted by molar-refractivity contribution is 0.550. The van der Waals surface area contributed by atoms with Crippen molar-refractivity contribution in [2.45, 2.75) is 40.2 Å². The fourth-order valence-corrected chi connectivity index (χ4v) is 1.95. The number of aromatic amines is 1. The van der Waals surface area contributed by atoms with Crippen LogP contribution in [0.15, 0.2) is 12.1 Å². The summed E-state index contributed by atoms with van der Waals surface area (Å²) in [5.41, 5.74) is 4.80. The van der Waals surface area contributed by atoms with E-state index in [9.17, 15) is 0 Å². The van der Waals surface area contributed by atoms with Gasteiger partial charge in [-0.1, -0.05) is 6.92 Å². The number of imidazole rings is 1. The molecule has 2 aromatic rings. The largest absolute Gasteiger partial charge is 0.341 e. The lowest BCUT2D eigenvalue weighted by Crippen LogP contribution is -2.20. The first-order valence-corrected chi connectivity index (χ1v) is 6.32. The fraction of sp³-hybridized carbons (Fsp3) is 0.500. The molecule has 92 valence electrons. The molecule has 1 heterocycles. The van der Waals surface area contributed by atoms with Crippen molar-refractivity contribution in [1.29, 1.82) is 0 Å². The van der Waals surface area contributed by atoms with Crippen LogP contribution in [0.1, 0.15) is 43.3 Å². The zero-order chi connectivity index (χ0) is 12.4. The number of aromatic nitrogens is 2. The van der Waals surface area contributed by atoms with Crippen LogP contribution >= 0.6 is 0 Å². The zero-order valence-electron chi connectivity index (χ0n) is 11.1. The van der Waals surface area contributed by atoms with Crippen molar-refractivity contribution in [2.24, 2.45) is 0 Å². The predicted molar refractivity (Wildman–Crippen MR) is 72.3 cm³/mol.